The van der Waals surface area contributed by atoms with Crippen molar-refractivity contribution in [1.82, 2.24) is 10.3 Å². The van der Waals surface area contributed by atoms with Crippen LogP contribution in [0, 0.1) is 5.82 Å². The number of hydrogen-bond acceptors (Lipinski definition) is 5. The molecule has 0 aliphatic rings. The van der Waals surface area contributed by atoms with E-state index in [1.807, 2.05) is 47.8 Å². The van der Waals surface area contributed by atoms with E-state index in [1.54, 1.807) is 24.4 Å². The minimum atomic E-state index is -0.637. The molecule has 4 rings (SSSR count). The molecule has 2 heterocycles. The maximum atomic E-state index is 13.3. The summed E-state index contributed by atoms with van der Waals surface area (Å²) in [5.74, 6) is -1.45. The van der Waals surface area contributed by atoms with E-state index in [2.05, 4.69) is 10.3 Å². The highest BCUT2D eigenvalue weighted by atomic mass is 32.1. The van der Waals surface area contributed by atoms with Crippen molar-refractivity contribution < 1.29 is 18.7 Å². The third-order valence-electron chi connectivity index (χ3n) is 4.74. The van der Waals surface area contributed by atoms with Crippen molar-refractivity contribution in [1.29, 1.82) is 0 Å². The number of para-hydroxylation sites is 1. The molecule has 160 valence electrons. The summed E-state index contributed by atoms with van der Waals surface area (Å²) in [4.78, 5) is 29.8. The molecule has 4 aromatic rings. The van der Waals surface area contributed by atoms with Gasteiger partial charge in [-0.2, -0.15) is 0 Å². The van der Waals surface area contributed by atoms with Crippen LogP contribution in [0.15, 0.2) is 84.4 Å². The standard InChI is InChI=1S/C25H19FN2O3S/c26-20-11-8-19(9-12-20)25(21-7-3-15-32-21)28-22(29)16-31-23(30)13-10-18-5-1-4-17-6-2-14-27-24(17)18/h1-15,25H,16H2,(H,28,29)/b13-10+/t25-/m0/s1. The van der Waals surface area contributed by atoms with Gasteiger partial charge in [-0.1, -0.05) is 42.5 Å². The number of benzene rings is 2. The van der Waals surface area contributed by atoms with Gasteiger partial charge in [-0.05, 0) is 41.3 Å². The normalized spacial score (nSPS) is 12.0. The molecule has 0 spiro atoms. The molecule has 0 radical (unpaired) electrons. The molecular weight excluding hydrogens is 427 g/mol. The summed E-state index contributed by atoms with van der Waals surface area (Å²) >= 11 is 1.47. The van der Waals surface area contributed by atoms with Gasteiger partial charge in [0.2, 0.25) is 0 Å². The quantitative estimate of drug-likeness (QED) is 0.324. The van der Waals surface area contributed by atoms with Crippen LogP contribution in [0.1, 0.15) is 22.0 Å². The zero-order chi connectivity index (χ0) is 22.3. The summed E-state index contributed by atoms with van der Waals surface area (Å²) in [5, 5.41) is 5.70. The Kier molecular flexibility index (Phi) is 6.67. The molecule has 2 aromatic carbocycles. The van der Waals surface area contributed by atoms with Crippen LogP contribution in [0.25, 0.3) is 17.0 Å². The fourth-order valence-corrected chi connectivity index (χ4v) is 4.04. The van der Waals surface area contributed by atoms with E-state index in [-0.39, 0.29) is 5.82 Å². The predicted molar refractivity (Wildman–Crippen MR) is 122 cm³/mol. The first-order valence-corrected chi connectivity index (χ1v) is 10.7. The van der Waals surface area contributed by atoms with Crippen LogP contribution >= 0.6 is 11.3 Å². The van der Waals surface area contributed by atoms with Crippen LogP contribution in [-0.2, 0) is 14.3 Å². The van der Waals surface area contributed by atoms with Gasteiger partial charge in [0.15, 0.2) is 6.61 Å². The lowest BCUT2D eigenvalue weighted by Crippen LogP contribution is -2.32. The number of esters is 1. The minimum absolute atomic E-state index is 0.355. The van der Waals surface area contributed by atoms with E-state index < -0.39 is 24.5 Å². The Morgan fingerprint density at radius 2 is 1.88 bits per heavy atom. The summed E-state index contributed by atoms with van der Waals surface area (Å²) in [5.41, 5.74) is 2.28. The van der Waals surface area contributed by atoms with Gasteiger partial charge in [0.05, 0.1) is 11.6 Å². The average Bonchev–Trinajstić information content (AvgIpc) is 3.35. The molecule has 0 saturated heterocycles. The SMILES string of the molecule is O=C(COC(=O)/C=C/c1cccc2cccnc12)N[C@@H](c1ccc(F)cc1)c1cccs1. The molecule has 0 aliphatic heterocycles. The third-order valence-corrected chi connectivity index (χ3v) is 5.68. The lowest BCUT2D eigenvalue weighted by atomic mass is 10.1. The Hall–Kier alpha value is -3.84. The van der Waals surface area contributed by atoms with Crippen molar-refractivity contribution in [3.05, 3.63) is 106 Å². The summed E-state index contributed by atoms with van der Waals surface area (Å²) in [6, 6.07) is 18.7. The fraction of sp³-hybridized carbons (Fsp3) is 0.0800. The topological polar surface area (TPSA) is 68.3 Å². The smallest absolute Gasteiger partial charge is 0.331 e. The number of fused-ring (bicyclic) bond motifs is 1. The first-order valence-electron chi connectivity index (χ1n) is 9.87. The lowest BCUT2D eigenvalue weighted by molar-refractivity contribution is -0.143. The van der Waals surface area contributed by atoms with Gasteiger partial charge in [0.1, 0.15) is 5.82 Å². The number of nitrogens with one attached hydrogen (secondary N) is 1. The van der Waals surface area contributed by atoms with E-state index >= 15 is 0 Å². The van der Waals surface area contributed by atoms with Crippen LogP contribution in [0.3, 0.4) is 0 Å². The number of nitrogens with zero attached hydrogens (tertiary/aromatic N) is 1. The summed E-state index contributed by atoms with van der Waals surface area (Å²) < 4.78 is 18.4. The number of thiophene rings is 1. The highest BCUT2D eigenvalue weighted by Gasteiger charge is 2.18. The molecule has 1 amide bonds. The van der Waals surface area contributed by atoms with E-state index in [9.17, 15) is 14.0 Å². The number of amides is 1. The Morgan fingerprint density at radius 1 is 1.06 bits per heavy atom. The first-order chi connectivity index (χ1) is 15.6. The van der Waals surface area contributed by atoms with Gasteiger partial charge >= 0.3 is 5.97 Å². The second-order valence-electron chi connectivity index (χ2n) is 6.93. The van der Waals surface area contributed by atoms with Crippen LogP contribution < -0.4 is 5.32 Å². The number of halogens is 1. The van der Waals surface area contributed by atoms with Gasteiger partial charge in [0, 0.05) is 28.1 Å². The maximum Gasteiger partial charge on any atom is 0.331 e. The number of hydrogen-bond donors (Lipinski definition) is 1. The summed E-state index contributed by atoms with van der Waals surface area (Å²) in [6.45, 7) is -0.431. The number of carbonyl (C=O) groups excluding carboxylic acids is 2. The first kappa shape index (κ1) is 21.4. The molecule has 7 heteroatoms. The molecule has 0 aliphatic carbocycles. The second kappa shape index (κ2) is 9.98. The van der Waals surface area contributed by atoms with Crippen molar-refractivity contribution in [2.45, 2.75) is 6.04 Å². The van der Waals surface area contributed by atoms with E-state index in [0.29, 0.717) is 0 Å². The monoisotopic (exact) mass is 446 g/mol. The number of aromatic nitrogens is 1. The number of rotatable bonds is 7. The van der Waals surface area contributed by atoms with Gasteiger partial charge in [-0.15, -0.1) is 11.3 Å². The summed E-state index contributed by atoms with van der Waals surface area (Å²) in [6.07, 6.45) is 4.57. The van der Waals surface area contributed by atoms with E-state index in [1.165, 1.54) is 29.5 Å². The van der Waals surface area contributed by atoms with Crippen LogP contribution in [-0.4, -0.2) is 23.5 Å². The minimum Gasteiger partial charge on any atom is -0.452 e. The summed E-state index contributed by atoms with van der Waals surface area (Å²) in [7, 11) is 0. The largest absolute Gasteiger partial charge is 0.452 e. The average molecular weight is 447 g/mol. The third kappa shape index (κ3) is 5.25. The molecular formula is C25H19FN2O3S. The Bertz CT molecular complexity index is 1250. The van der Waals surface area contributed by atoms with Gasteiger partial charge in [-0.3, -0.25) is 9.78 Å². The molecule has 1 atom stereocenters. The van der Waals surface area contributed by atoms with Crippen LogP contribution in [0.5, 0.6) is 0 Å². The molecule has 0 saturated carbocycles. The van der Waals surface area contributed by atoms with Crippen molar-refractivity contribution in [2.75, 3.05) is 6.61 Å². The molecule has 1 N–H and O–H groups in total. The van der Waals surface area contributed by atoms with E-state index in [4.69, 9.17) is 4.74 Å². The Balaban J connectivity index is 1.38. The van der Waals surface area contributed by atoms with Crippen molar-refractivity contribution >= 4 is 40.2 Å². The fourth-order valence-electron chi connectivity index (χ4n) is 3.24. The van der Waals surface area contributed by atoms with Gasteiger partial charge in [0.25, 0.3) is 5.91 Å². The molecule has 32 heavy (non-hydrogen) atoms. The van der Waals surface area contributed by atoms with Crippen LogP contribution in [0.2, 0.25) is 0 Å². The Labute approximate surface area is 188 Å². The van der Waals surface area contributed by atoms with Crippen molar-refractivity contribution in [3.63, 3.8) is 0 Å². The molecule has 0 unspecified atom stereocenters. The van der Waals surface area contributed by atoms with Gasteiger partial charge < -0.3 is 10.1 Å². The Morgan fingerprint density at radius 3 is 2.66 bits per heavy atom. The van der Waals surface area contributed by atoms with Crippen LogP contribution in [0.4, 0.5) is 4.39 Å². The highest BCUT2D eigenvalue weighted by Crippen LogP contribution is 2.26. The number of ether oxygens (including phenoxy) is 1. The zero-order valence-electron chi connectivity index (χ0n) is 16.9. The van der Waals surface area contributed by atoms with E-state index in [0.717, 1.165) is 26.9 Å². The zero-order valence-corrected chi connectivity index (χ0v) is 17.7. The number of carbonyl (C=O) groups is 2. The molecule has 2 aromatic heterocycles. The molecule has 0 fully saturated rings. The lowest BCUT2D eigenvalue weighted by Gasteiger charge is -2.18. The van der Waals surface area contributed by atoms with Crippen molar-refractivity contribution in [3.8, 4) is 0 Å². The number of pyridine rings is 1. The second-order valence-corrected chi connectivity index (χ2v) is 7.91. The predicted octanol–water partition coefficient (Wildman–Crippen LogP) is 4.90. The van der Waals surface area contributed by atoms with Crippen molar-refractivity contribution in [2.24, 2.45) is 0 Å². The maximum absolute atomic E-state index is 13.3. The van der Waals surface area contributed by atoms with Gasteiger partial charge in [-0.25, -0.2) is 9.18 Å². The highest BCUT2D eigenvalue weighted by molar-refractivity contribution is 7.10. The molecule has 5 nitrogen and oxygen atoms in total. The molecule has 0 bridgehead atoms.